The molecule has 2 aromatic heterocycles. The van der Waals surface area contributed by atoms with Crippen LogP contribution in [0, 0.1) is 13.8 Å². The molecule has 0 bridgehead atoms. The highest BCUT2D eigenvalue weighted by molar-refractivity contribution is 5.90. The summed E-state index contributed by atoms with van der Waals surface area (Å²) >= 11 is 0. The summed E-state index contributed by atoms with van der Waals surface area (Å²) in [6.45, 7) is 6.11. The van der Waals surface area contributed by atoms with Crippen LogP contribution in [0.4, 0.5) is 5.69 Å². The summed E-state index contributed by atoms with van der Waals surface area (Å²) in [6, 6.07) is 8.38. The van der Waals surface area contributed by atoms with E-state index in [1.54, 1.807) is 0 Å². The molecule has 0 aliphatic rings. The first-order valence-electron chi connectivity index (χ1n) is 6.40. The Morgan fingerprint density at radius 3 is 2.89 bits per heavy atom. The number of aryl methyl sites for hydroxylation is 2. The average Bonchev–Trinajstić information content (AvgIpc) is 2.96. The zero-order valence-corrected chi connectivity index (χ0v) is 11.3. The summed E-state index contributed by atoms with van der Waals surface area (Å²) in [6.07, 6.45) is 1.85. The van der Waals surface area contributed by atoms with Gasteiger partial charge >= 0.3 is 0 Å². The number of hydrogen-bond donors (Lipinski definition) is 2. The summed E-state index contributed by atoms with van der Waals surface area (Å²) in [5, 5.41) is 11.7. The fourth-order valence-corrected chi connectivity index (χ4v) is 2.49. The smallest absolute Gasteiger partial charge is 0.106 e. The molecule has 0 radical (unpaired) electrons. The molecule has 0 fully saturated rings. The van der Waals surface area contributed by atoms with Gasteiger partial charge in [0.2, 0.25) is 0 Å². The number of furan rings is 1. The van der Waals surface area contributed by atoms with E-state index in [0.717, 1.165) is 28.1 Å². The van der Waals surface area contributed by atoms with Gasteiger partial charge in [0, 0.05) is 16.6 Å². The topological polar surface area (TPSA) is 53.9 Å². The van der Waals surface area contributed by atoms with E-state index in [2.05, 4.69) is 34.6 Å². The molecule has 2 heterocycles. The number of H-pyrrole nitrogens is 1. The molecule has 98 valence electrons. The normalized spacial score (nSPS) is 12.8. The summed E-state index contributed by atoms with van der Waals surface area (Å²) in [5.74, 6) is 1.92. The van der Waals surface area contributed by atoms with Crippen LogP contribution in [-0.4, -0.2) is 10.2 Å². The first-order chi connectivity index (χ1) is 9.15. The van der Waals surface area contributed by atoms with E-state index in [4.69, 9.17) is 4.42 Å². The maximum absolute atomic E-state index is 5.59. The SMILES string of the molecule is Cc1cc(C(C)Nc2cccc3[nH]ncc23)c(C)o1. The fourth-order valence-electron chi connectivity index (χ4n) is 2.49. The quantitative estimate of drug-likeness (QED) is 0.745. The van der Waals surface area contributed by atoms with Crippen LogP contribution in [-0.2, 0) is 0 Å². The summed E-state index contributed by atoms with van der Waals surface area (Å²) in [7, 11) is 0. The van der Waals surface area contributed by atoms with Crippen LogP contribution >= 0.6 is 0 Å². The Bertz CT molecular complexity index is 711. The fraction of sp³-hybridized carbons (Fsp3) is 0.267. The minimum absolute atomic E-state index is 0.193. The van der Waals surface area contributed by atoms with Crippen molar-refractivity contribution in [1.29, 1.82) is 0 Å². The largest absolute Gasteiger partial charge is 0.466 e. The minimum atomic E-state index is 0.193. The van der Waals surface area contributed by atoms with Crippen molar-refractivity contribution < 1.29 is 4.42 Å². The van der Waals surface area contributed by atoms with Crippen molar-refractivity contribution in [3.05, 3.63) is 47.5 Å². The van der Waals surface area contributed by atoms with Crippen LogP contribution in [0.3, 0.4) is 0 Å². The second kappa shape index (κ2) is 4.46. The molecule has 1 unspecified atom stereocenters. The minimum Gasteiger partial charge on any atom is -0.466 e. The van der Waals surface area contributed by atoms with Gasteiger partial charge < -0.3 is 9.73 Å². The van der Waals surface area contributed by atoms with E-state index >= 15 is 0 Å². The number of benzene rings is 1. The molecule has 0 aliphatic carbocycles. The highest BCUT2D eigenvalue weighted by Crippen LogP contribution is 2.28. The van der Waals surface area contributed by atoms with Gasteiger partial charge in [0.05, 0.1) is 17.8 Å². The van der Waals surface area contributed by atoms with E-state index in [-0.39, 0.29) is 6.04 Å². The molecule has 3 rings (SSSR count). The van der Waals surface area contributed by atoms with Crippen molar-refractivity contribution in [1.82, 2.24) is 10.2 Å². The predicted molar refractivity (Wildman–Crippen MR) is 76.3 cm³/mol. The molecule has 1 aromatic carbocycles. The molecule has 0 spiro atoms. The molecular weight excluding hydrogens is 238 g/mol. The Morgan fingerprint density at radius 1 is 1.32 bits per heavy atom. The number of anilines is 1. The third kappa shape index (κ3) is 2.10. The van der Waals surface area contributed by atoms with Gasteiger partial charge in [0.25, 0.3) is 0 Å². The van der Waals surface area contributed by atoms with Crippen LogP contribution < -0.4 is 5.32 Å². The van der Waals surface area contributed by atoms with Gasteiger partial charge in [-0.3, -0.25) is 5.10 Å². The van der Waals surface area contributed by atoms with E-state index in [9.17, 15) is 0 Å². The predicted octanol–water partition coefficient (Wildman–Crippen LogP) is 3.95. The molecule has 1 atom stereocenters. The van der Waals surface area contributed by atoms with E-state index in [1.165, 1.54) is 5.56 Å². The standard InChI is InChI=1S/C15H17N3O/c1-9-7-12(11(3)19-9)10(2)17-14-5-4-6-15-13(14)8-16-18-15/h4-8,10,17H,1-3H3,(H,16,18). The molecule has 2 N–H and O–H groups in total. The zero-order chi connectivity index (χ0) is 13.4. The van der Waals surface area contributed by atoms with Gasteiger partial charge in [-0.2, -0.15) is 5.10 Å². The van der Waals surface area contributed by atoms with E-state index in [1.807, 2.05) is 32.2 Å². The van der Waals surface area contributed by atoms with Gasteiger partial charge in [0.1, 0.15) is 11.5 Å². The third-order valence-corrected chi connectivity index (χ3v) is 3.40. The van der Waals surface area contributed by atoms with Crippen LogP contribution in [0.1, 0.15) is 30.0 Å². The van der Waals surface area contributed by atoms with Crippen molar-refractivity contribution in [2.24, 2.45) is 0 Å². The summed E-state index contributed by atoms with van der Waals surface area (Å²) < 4.78 is 5.59. The van der Waals surface area contributed by atoms with E-state index in [0.29, 0.717) is 0 Å². The number of aromatic nitrogens is 2. The van der Waals surface area contributed by atoms with Crippen LogP contribution in [0.25, 0.3) is 10.9 Å². The lowest BCUT2D eigenvalue weighted by Crippen LogP contribution is -2.06. The number of aromatic amines is 1. The van der Waals surface area contributed by atoms with Crippen LogP contribution in [0.15, 0.2) is 34.9 Å². The van der Waals surface area contributed by atoms with Gasteiger partial charge in [0.15, 0.2) is 0 Å². The molecule has 3 aromatic rings. The van der Waals surface area contributed by atoms with Crippen molar-refractivity contribution in [2.75, 3.05) is 5.32 Å². The molecule has 4 nitrogen and oxygen atoms in total. The maximum Gasteiger partial charge on any atom is 0.106 e. The van der Waals surface area contributed by atoms with E-state index < -0.39 is 0 Å². The lowest BCUT2D eigenvalue weighted by Gasteiger charge is -2.15. The molecular formula is C15H17N3O. The molecule has 0 amide bonds. The first kappa shape index (κ1) is 11.8. The Morgan fingerprint density at radius 2 is 2.16 bits per heavy atom. The Balaban J connectivity index is 1.92. The summed E-state index contributed by atoms with van der Waals surface area (Å²) in [5.41, 5.74) is 3.31. The highest BCUT2D eigenvalue weighted by Gasteiger charge is 2.13. The third-order valence-electron chi connectivity index (χ3n) is 3.40. The van der Waals surface area contributed by atoms with Gasteiger partial charge in [-0.05, 0) is 39.0 Å². The van der Waals surface area contributed by atoms with Crippen molar-refractivity contribution in [3.63, 3.8) is 0 Å². The van der Waals surface area contributed by atoms with Gasteiger partial charge in [-0.15, -0.1) is 0 Å². The Labute approximate surface area is 111 Å². The van der Waals surface area contributed by atoms with Gasteiger partial charge in [-0.25, -0.2) is 0 Å². The second-order valence-electron chi connectivity index (χ2n) is 4.87. The van der Waals surface area contributed by atoms with Gasteiger partial charge in [-0.1, -0.05) is 6.07 Å². The first-order valence-corrected chi connectivity index (χ1v) is 6.40. The number of nitrogens with one attached hydrogen (secondary N) is 2. The van der Waals surface area contributed by atoms with Crippen molar-refractivity contribution >= 4 is 16.6 Å². The highest BCUT2D eigenvalue weighted by atomic mass is 16.3. The molecule has 0 saturated carbocycles. The number of rotatable bonds is 3. The monoisotopic (exact) mass is 255 g/mol. The van der Waals surface area contributed by atoms with Crippen LogP contribution in [0.5, 0.6) is 0 Å². The average molecular weight is 255 g/mol. The van der Waals surface area contributed by atoms with Crippen LogP contribution in [0.2, 0.25) is 0 Å². The van der Waals surface area contributed by atoms with Crippen molar-refractivity contribution in [3.8, 4) is 0 Å². The Kier molecular flexibility index (Phi) is 2.78. The molecule has 4 heteroatoms. The number of fused-ring (bicyclic) bond motifs is 1. The summed E-state index contributed by atoms with van der Waals surface area (Å²) in [4.78, 5) is 0. The number of hydrogen-bond acceptors (Lipinski definition) is 3. The lowest BCUT2D eigenvalue weighted by molar-refractivity contribution is 0.500. The molecule has 0 saturated heterocycles. The molecule has 0 aliphatic heterocycles. The van der Waals surface area contributed by atoms with Crippen molar-refractivity contribution in [2.45, 2.75) is 26.8 Å². The second-order valence-corrected chi connectivity index (χ2v) is 4.87. The molecule has 19 heavy (non-hydrogen) atoms. The Hall–Kier alpha value is -2.23. The number of nitrogens with zero attached hydrogens (tertiary/aromatic N) is 1. The maximum atomic E-state index is 5.59. The zero-order valence-electron chi connectivity index (χ0n) is 11.3. The lowest BCUT2D eigenvalue weighted by atomic mass is 10.1.